The van der Waals surface area contributed by atoms with E-state index in [4.69, 9.17) is 0 Å². The fraction of sp³-hybridized carbons (Fsp3) is 0.873. The van der Waals surface area contributed by atoms with Gasteiger partial charge in [0.1, 0.15) is 0 Å². The van der Waals surface area contributed by atoms with Crippen LogP contribution >= 0.6 is 0 Å². The zero-order valence-electron chi connectivity index (χ0n) is 40.0. The zero-order chi connectivity index (χ0) is 42.8. The topological polar surface area (TPSA) is 69.6 Å². The number of unbranched alkanes of at least 4 members (excludes halogenated alkanes) is 36. The van der Waals surface area contributed by atoms with Crippen molar-refractivity contribution in [2.75, 3.05) is 6.61 Å². The second kappa shape index (κ2) is 51.0. The van der Waals surface area contributed by atoms with Crippen molar-refractivity contribution in [2.45, 2.75) is 302 Å². The maximum atomic E-state index is 12.4. The van der Waals surface area contributed by atoms with E-state index < -0.39 is 12.1 Å². The first-order valence-electron chi connectivity index (χ1n) is 26.7. The van der Waals surface area contributed by atoms with E-state index in [1.807, 2.05) is 0 Å². The van der Waals surface area contributed by atoms with Gasteiger partial charge in [0, 0.05) is 6.42 Å². The van der Waals surface area contributed by atoms with Gasteiger partial charge < -0.3 is 15.5 Å². The van der Waals surface area contributed by atoms with Gasteiger partial charge in [0.15, 0.2) is 0 Å². The second-order valence-electron chi connectivity index (χ2n) is 18.3. The molecule has 0 saturated heterocycles. The lowest BCUT2D eigenvalue weighted by Gasteiger charge is -2.22. The van der Waals surface area contributed by atoms with Gasteiger partial charge in [-0.15, -0.1) is 0 Å². The van der Waals surface area contributed by atoms with Gasteiger partial charge in [-0.3, -0.25) is 4.79 Å². The van der Waals surface area contributed by atoms with Crippen molar-refractivity contribution in [3.8, 4) is 0 Å². The molecule has 2 unspecified atom stereocenters. The Labute approximate surface area is 370 Å². The van der Waals surface area contributed by atoms with Gasteiger partial charge in [-0.05, 0) is 44.9 Å². The SMILES string of the molecule is CC/C=C\C/C=C\C/C=C\CCCCCCCC(=O)NC(CO)C(O)CCCCCCCCCCCCCCCCCCCCCCCCCCCCCCCCCC. The number of carbonyl (C=O) groups is 1. The van der Waals surface area contributed by atoms with Crippen LogP contribution < -0.4 is 5.32 Å². The van der Waals surface area contributed by atoms with Crippen LogP contribution in [0.2, 0.25) is 0 Å². The van der Waals surface area contributed by atoms with Gasteiger partial charge in [0.25, 0.3) is 0 Å². The Kier molecular flexibility index (Phi) is 49.8. The van der Waals surface area contributed by atoms with E-state index in [2.05, 4.69) is 55.6 Å². The smallest absolute Gasteiger partial charge is 0.220 e. The molecule has 0 fully saturated rings. The zero-order valence-corrected chi connectivity index (χ0v) is 40.0. The van der Waals surface area contributed by atoms with Gasteiger partial charge in [-0.25, -0.2) is 0 Å². The monoisotopic (exact) mass is 828 g/mol. The first-order chi connectivity index (χ1) is 29.2. The van der Waals surface area contributed by atoms with Crippen LogP contribution in [0.25, 0.3) is 0 Å². The highest BCUT2D eigenvalue weighted by Crippen LogP contribution is 2.18. The standard InChI is InChI=1S/C55H105NO3/c1-3-5-7-9-11-13-15-17-19-20-21-22-23-24-25-26-27-28-29-30-31-32-33-34-35-37-38-40-42-44-46-48-50-54(58)53(52-57)56-55(59)51-49-47-45-43-41-39-36-18-16-14-12-10-8-6-4-2/h6,8,12,14,18,36,53-54,57-58H,3-5,7,9-11,13,15-17,19-35,37-52H2,1-2H3,(H,56,59)/b8-6-,14-12-,36-18-. The number of amides is 1. The Morgan fingerprint density at radius 1 is 0.424 bits per heavy atom. The molecule has 0 bridgehead atoms. The molecular formula is C55H105NO3. The van der Waals surface area contributed by atoms with Gasteiger partial charge in [0.2, 0.25) is 5.91 Å². The largest absolute Gasteiger partial charge is 0.394 e. The highest BCUT2D eigenvalue weighted by Gasteiger charge is 2.20. The lowest BCUT2D eigenvalue weighted by Crippen LogP contribution is -2.45. The van der Waals surface area contributed by atoms with E-state index in [1.54, 1.807) is 0 Å². The van der Waals surface area contributed by atoms with Crippen LogP contribution in [0.15, 0.2) is 36.5 Å². The fourth-order valence-corrected chi connectivity index (χ4v) is 8.38. The maximum absolute atomic E-state index is 12.4. The molecule has 2 atom stereocenters. The molecule has 0 saturated carbocycles. The van der Waals surface area contributed by atoms with Crippen molar-refractivity contribution in [2.24, 2.45) is 0 Å². The summed E-state index contributed by atoms with van der Waals surface area (Å²) in [5, 5.41) is 23.3. The Hall–Kier alpha value is -1.39. The first kappa shape index (κ1) is 57.6. The Morgan fingerprint density at radius 2 is 0.746 bits per heavy atom. The minimum absolute atomic E-state index is 0.0460. The number of allylic oxidation sites excluding steroid dienone is 6. The average molecular weight is 828 g/mol. The maximum Gasteiger partial charge on any atom is 0.220 e. The number of aliphatic hydroxyl groups is 2. The van der Waals surface area contributed by atoms with Gasteiger partial charge in [-0.1, -0.05) is 275 Å². The molecule has 0 aromatic carbocycles. The predicted octanol–water partition coefficient (Wildman–Crippen LogP) is 17.3. The molecule has 4 nitrogen and oxygen atoms in total. The second-order valence-corrected chi connectivity index (χ2v) is 18.3. The summed E-state index contributed by atoms with van der Waals surface area (Å²) in [5.74, 6) is -0.0460. The molecule has 0 aliphatic heterocycles. The Balaban J connectivity index is 3.40. The third kappa shape index (κ3) is 47.5. The molecule has 0 aliphatic rings. The molecular weight excluding hydrogens is 723 g/mol. The third-order valence-electron chi connectivity index (χ3n) is 12.4. The molecule has 1 amide bonds. The van der Waals surface area contributed by atoms with Crippen LogP contribution in [-0.4, -0.2) is 34.9 Å². The predicted molar refractivity (Wildman–Crippen MR) is 262 cm³/mol. The summed E-state index contributed by atoms with van der Waals surface area (Å²) in [6.45, 7) is 4.26. The van der Waals surface area contributed by atoms with E-state index >= 15 is 0 Å². The molecule has 0 aliphatic carbocycles. The van der Waals surface area contributed by atoms with Gasteiger partial charge >= 0.3 is 0 Å². The van der Waals surface area contributed by atoms with Crippen LogP contribution in [-0.2, 0) is 4.79 Å². The summed E-state index contributed by atoms with van der Waals surface area (Å²) >= 11 is 0. The van der Waals surface area contributed by atoms with Crippen LogP contribution in [0.4, 0.5) is 0 Å². The van der Waals surface area contributed by atoms with Crippen LogP contribution in [0, 0.1) is 0 Å². The van der Waals surface area contributed by atoms with Crippen LogP contribution in [0.5, 0.6) is 0 Å². The summed E-state index contributed by atoms with van der Waals surface area (Å²) in [6.07, 6.45) is 68.5. The third-order valence-corrected chi connectivity index (χ3v) is 12.4. The van der Waals surface area contributed by atoms with Crippen molar-refractivity contribution in [1.82, 2.24) is 5.32 Å². The summed E-state index contributed by atoms with van der Waals surface area (Å²) < 4.78 is 0. The summed E-state index contributed by atoms with van der Waals surface area (Å²) in [4.78, 5) is 12.4. The molecule has 0 aromatic rings. The van der Waals surface area contributed by atoms with E-state index in [0.29, 0.717) is 12.8 Å². The average Bonchev–Trinajstić information content (AvgIpc) is 3.24. The molecule has 0 radical (unpaired) electrons. The molecule has 0 aromatic heterocycles. The minimum atomic E-state index is -0.668. The Bertz CT molecular complexity index is 897. The number of hydrogen-bond donors (Lipinski definition) is 3. The van der Waals surface area contributed by atoms with Crippen molar-refractivity contribution < 1.29 is 15.0 Å². The lowest BCUT2D eigenvalue weighted by atomic mass is 10.0. The minimum Gasteiger partial charge on any atom is -0.394 e. The number of aliphatic hydroxyl groups excluding tert-OH is 2. The number of nitrogens with one attached hydrogen (secondary N) is 1. The van der Waals surface area contributed by atoms with E-state index in [0.717, 1.165) is 57.8 Å². The van der Waals surface area contributed by atoms with Crippen molar-refractivity contribution in [3.63, 3.8) is 0 Å². The normalized spacial score (nSPS) is 13.1. The van der Waals surface area contributed by atoms with Crippen LogP contribution in [0.1, 0.15) is 290 Å². The Morgan fingerprint density at radius 3 is 1.12 bits per heavy atom. The summed E-state index contributed by atoms with van der Waals surface area (Å²) in [6, 6.07) is -0.546. The van der Waals surface area contributed by atoms with E-state index in [-0.39, 0.29) is 12.5 Å². The molecule has 59 heavy (non-hydrogen) atoms. The molecule has 0 spiro atoms. The quantitative estimate of drug-likeness (QED) is 0.0423. The molecule has 0 heterocycles. The molecule has 3 N–H and O–H groups in total. The fourth-order valence-electron chi connectivity index (χ4n) is 8.38. The summed E-state index contributed by atoms with van der Waals surface area (Å²) in [5.41, 5.74) is 0. The van der Waals surface area contributed by atoms with Crippen molar-refractivity contribution >= 4 is 5.91 Å². The molecule has 4 heteroatoms. The molecule has 348 valence electrons. The number of rotatable bonds is 49. The lowest BCUT2D eigenvalue weighted by molar-refractivity contribution is -0.123. The molecule has 0 rings (SSSR count). The number of hydrogen-bond acceptors (Lipinski definition) is 3. The highest BCUT2D eigenvalue weighted by molar-refractivity contribution is 5.76. The highest BCUT2D eigenvalue weighted by atomic mass is 16.3. The van der Waals surface area contributed by atoms with Crippen molar-refractivity contribution in [3.05, 3.63) is 36.5 Å². The van der Waals surface area contributed by atoms with Crippen LogP contribution in [0.3, 0.4) is 0 Å². The first-order valence-corrected chi connectivity index (χ1v) is 26.7. The number of carbonyl (C=O) groups excluding carboxylic acids is 1. The summed E-state index contributed by atoms with van der Waals surface area (Å²) in [7, 11) is 0. The van der Waals surface area contributed by atoms with Gasteiger partial charge in [0.05, 0.1) is 18.8 Å². The van der Waals surface area contributed by atoms with E-state index in [9.17, 15) is 15.0 Å². The van der Waals surface area contributed by atoms with Gasteiger partial charge in [-0.2, -0.15) is 0 Å². The van der Waals surface area contributed by atoms with E-state index in [1.165, 1.54) is 205 Å². The van der Waals surface area contributed by atoms with Crippen molar-refractivity contribution in [1.29, 1.82) is 0 Å².